The number of aryl methyl sites for hydroxylation is 1. The summed E-state index contributed by atoms with van der Waals surface area (Å²) in [6, 6.07) is 6.76. The number of carbonyl (C=O) groups excluding carboxylic acids is 1. The first-order valence-electron chi connectivity index (χ1n) is 9.68. The van der Waals surface area contributed by atoms with E-state index in [0.717, 1.165) is 17.4 Å². The molecule has 1 aromatic rings. The first kappa shape index (κ1) is 22.7. The number of carbonyl (C=O) groups is 2. The Morgan fingerprint density at radius 3 is 2.40 bits per heavy atom. The molecule has 1 saturated heterocycles. The highest BCUT2D eigenvalue weighted by atomic mass is 32.2. The SMILES string of the molecule is CSC1(N2CCN(S(=O)(=O)c3ccc(C)cc3)CC2)C(CC=O)=CC=CC1C(=O)O. The zero-order valence-electron chi connectivity index (χ0n) is 17.0. The fraction of sp³-hybridized carbons (Fsp3) is 0.429. The van der Waals surface area contributed by atoms with E-state index in [1.54, 1.807) is 42.5 Å². The maximum absolute atomic E-state index is 13.0. The van der Waals surface area contributed by atoms with Gasteiger partial charge in [0, 0.05) is 32.6 Å². The van der Waals surface area contributed by atoms with E-state index in [1.807, 2.05) is 18.1 Å². The summed E-state index contributed by atoms with van der Waals surface area (Å²) < 4.78 is 27.5. The van der Waals surface area contributed by atoms with Crippen LogP contribution < -0.4 is 0 Å². The summed E-state index contributed by atoms with van der Waals surface area (Å²) in [4.78, 5) is 24.7. The Morgan fingerprint density at radius 2 is 1.87 bits per heavy atom. The second-order valence-electron chi connectivity index (χ2n) is 7.37. The third-order valence-corrected chi connectivity index (χ3v) is 9.04. The van der Waals surface area contributed by atoms with Gasteiger partial charge in [-0.15, -0.1) is 11.8 Å². The lowest BCUT2D eigenvalue weighted by molar-refractivity contribution is -0.142. The third kappa shape index (κ3) is 3.99. The number of aldehydes is 1. The molecule has 2 unspecified atom stereocenters. The highest BCUT2D eigenvalue weighted by Crippen LogP contribution is 2.46. The number of hydrogen-bond donors (Lipinski definition) is 1. The van der Waals surface area contributed by atoms with Gasteiger partial charge in [-0.25, -0.2) is 8.42 Å². The van der Waals surface area contributed by atoms with Crippen LogP contribution in [0.1, 0.15) is 12.0 Å². The highest BCUT2D eigenvalue weighted by molar-refractivity contribution is 8.00. The largest absolute Gasteiger partial charge is 0.481 e. The van der Waals surface area contributed by atoms with E-state index in [4.69, 9.17) is 0 Å². The van der Waals surface area contributed by atoms with Crippen molar-refractivity contribution >= 4 is 34.0 Å². The first-order valence-corrected chi connectivity index (χ1v) is 12.3. The molecule has 162 valence electrons. The highest BCUT2D eigenvalue weighted by Gasteiger charge is 2.50. The standard InChI is InChI=1S/C21H26N2O5S2/c1-16-6-8-18(9-7-16)30(27,28)23-13-11-22(12-14-23)21(29-2)17(10-15-24)4-3-5-19(21)20(25)26/h3-9,15,19H,10-14H2,1-2H3,(H,25,26). The number of rotatable bonds is 7. The summed E-state index contributed by atoms with van der Waals surface area (Å²) in [6.07, 6.45) is 7.89. The van der Waals surface area contributed by atoms with Gasteiger partial charge in [-0.2, -0.15) is 4.31 Å². The number of aliphatic carboxylic acids is 1. The smallest absolute Gasteiger partial charge is 0.313 e. The normalized spacial score (nSPS) is 25.7. The molecule has 1 heterocycles. The maximum atomic E-state index is 13.0. The van der Waals surface area contributed by atoms with Crippen molar-refractivity contribution < 1.29 is 23.1 Å². The van der Waals surface area contributed by atoms with Crippen LogP contribution in [0, 0.1) is 12.8 Å². The fourth-order valence-electron chi connectivity index (χ4n) is 4.19. The van der Waals surface area contributed by atoms with Gasteiger partial charge in [0.1, 0.15) is 17.1 Å². The summed E-state index contributed by atoms with van der Waals surface area (Å²) >= 11 is 1.39. The molecule has 0 radical (unpaired) electrons. The van der Waals surface area contributed by atoms with Crippen LogP contribution in [0.5, 0.6) is 0 Å². The molecule has 0 amide bonds. The van der Waals surface area contributed by atoms with E-state index >= 15 is 0 Å². The number of thioether (sulfide) groups is 1. The number of carboxylic acid groups (broad SMARTS) is 1. The molecule has 30 heavy (non-hydrogen) atoms. The minimum Gasteiger partial charge on any atom is -0.481 e. The van der Waals surface area contributed by atoms with Gasteiger partial charge in [0.25, 0.3) is 0 Å². The topological polar surface area (TPSA) is 95.0 Å². The second-order valence-corrected chi connectivity index (χ2v) is 10.3. The second kappa shape index (κ2) is 9.05. The van der Waals surface area contributed by atoms with Crippen LogP contribution in [0.25, 0.3) is 0 Å². The zero-order chi connectivity index (χ0) is 21.9. The van der Waals surface area contributed by atoms with Gasteiger partial charge >= 0.3 is 5.97 Å². The Labute approximate surface area is 181 Å². The summed E-state index contributed by atoms with van der Waals surface area (Å²) in [5, 5.41) is 9.86. The van der Waals surface area contributed by atoms with Crippen LogP contribution >= 0.6 is 11.8 Å². The molecule has 1 aliphatic heterocycles. The summed E-state index contributed by atoms with van der Waals surface area (Å²) in [5.41, 5.74) is 1.72. The van der Waals surface area contributed by atoms with Crippen LogP contribution in [0.2, 0.25) is 0 Å². The Morgan fingerprint density at radius 1 is 1.23 bits per heavy atom. The maximum Gasteiger partial charge on any atom is 0.313 e. The molecule has 0 bridgehead atoms. The Balaban J connectivity index is 1.86. The molecule has 1 aliphatic carbocycles. The molecule has 1 N–H and O–H groups in total. The Bertz CT molecular complexity index is 964. The van der Waals surface area contributed by atoms with E-state index < -0.39 is 26.8 Å². The molecular weight excluding hydrogens is 424 g/mol. The number of hydrogen-bond acceptors (Lipinski definition) is 6. The molecular formula is C21H26N2O5S2. The molecule has 2 aliphatic rings. The van der Waals surface area contributed by atoms with Crippen molar-refractivity contribution in [2.24, 2.45) is 5.92 Å². The van der Waals surface area contributed by atoms with Crippen LogP contribution in [0.4, 0.5) is 0 Å². The lowest BCUT2D eigenvalue weighted by atomic mass is 9.84. The molecule has 2 atom stereocenters. The van der Waals surface area contributed by atoms with Gasteiger partial charge in [0.15, 0.2) is 0 Å². The van der Waals surface area contributed by atoms with Crippen LogP contribution in [0.3, 0.4) is 0 Å². The predicted molar refractivity (Wildman–Crippen MR) is 117 cm³/mol. The fourth-order valence-corrected chi connectivity index (χ4v) is 6.90. The van der Waals surface area contributed by atoms with Crippen LogP contribution in [-0.2, 0) is 19.6 Å². The average molecular weight is 451 g/mol. The monoisotopic (exact) mass is 450 g/mol. The van der Waals surface area contributed by atoms with Crippen molar-refractivity contribution in [3.8, 4) is 0 Å². The van der Waals surface area contributed by atoms with Crippen LogP contribution in [0.15, 0.2) is 53.0 Å². The number of allylic oxidation sites excluding steroid dienone is 2. The minimum absolute atomic E-state index is 0.136. The van der Waals surface area contributed by atoms with E-state index in [0.29, 0.717) is 13.1 Å². The summed E-state index contributed by atoms with van der Waals surface area (Å²) in [7, 11) is -3.61. The van der Waals surface area contributed by atoms with Crippen LogP contribution in [-0.4, -0.2) is 72.3 Å². The van der Waals surface area contributed by atoms with E-state index in [9.17, 15) is 23.1 Å². The quantitative estimate of drug-likeness (QED) is 0.636. The number of benzene rings is 1. The van der Waals surface area contributed by atoms with Gasteiger partial charge in [-0.05, 0) is 30.9 Å². The third-order valence-electron chi connectivity index (χ3n) is 5.73. The van der Waals surface area contributed by atoms with Gasteiger partial charge in [-0.3, -0.25) is 9.69 Å². The molecule has 1 fully saturated rings. The molecule has 9 heteroatoms. The lowest BCUT2D eigenvalue weighted by Crippen LogP contribution is -2.61. The summed E-state index contributed by atoms with van der Waals surface area (Å²) in [5.74, 6) is -1.79. The number of sulfonamides is 1. The van der Waals surface area contributed by atoms with Gasteiger partial charge in [-0.1, -0.05) is 35.9 Å². The van der Waals surface area contributed by atoms with Crippen molar-refractivity contribution in [2.75, 3.05) is 32.4 Å². The van der Waals surface area contributed by atoms with Crippen molar-refractivity contribution in [1.82, 2.24) is 9.21 Å². The lowest BCUT2D eigenvalue weighted by Gasteiger charge is -2.50. The van der Waals surface area contributed by atoms with Gasteiger partial charge in [0.2, 0.25) is 10.0 Å². The van der Waals surface area contributed by atoms with E-state index in [1.165, 1.54) is 16.1 Å². The molecule has 1 aromatic carbocycles. The number of piperazine rings is 1. The molecule has 0 saturated carbocycles. The molecule has 7 nitrogen and oxygen atoms in total. The number of carboxylic acids is 1. The molecule has 0 spiro atoms. The van der Waals surface area contributed by atoms with Crippen molar-refractivity contribution in [3.05, 3.63) is 53.6 Å². The Hall–Kier alpha value is -1.94. The van der Waals surface area contributed by atoms with Crippen molar-refractivity contribution in [1.29, 1.82) is 0 Å². The van der Waals surface area contributed by atoms with Gasteiger partial charge < -0.3 is 9.90 Å². The minimum atomic E-state index is -3.61. The predicted octanol–water partition coefficient (Wildman–Crippen LogP) is 2.15. The van der Waals surface area contributed by atoms with Gasteiger partial charge in [0.05, 0.1) is 4.90 Å². The molecule has 0 aromatic heterocycles. The average Bonchev–Trinajstić information content (AvgIpc) is 2.74. The summed E-state index contributed by atoms with van der Waals surface area (Å²) in [6.45, 7) is 3.16. The Kier molecular flexibility index (Phi) is 6.86. The van der Waals surface area contributed by atoms with Crippen molar-refractivity contribution in [2.45, 2.75) is 23.1 Å². The molecule has 3 rings (SSSR count). The number of nitrogens with zero attached hydrogens (tertiary/aromatic N) is 2. The van der Waals surface area contributed by atoms with Crippen molar-refractivity contribution in [3.63, 3.8) is 0 Å². The van der Waals surface area contributed by atoms with E-state index in [-0.39, 0.29) is 24.4 Å². The first-order chi connectivity index (χ1) is 14.3. The van der Waals surface area contributed by atoms with E-state index in [2.05, 4.69) is 0 Å². The zero-order valence-corrected chi connectivity index (χ0v) is 18.7.